The highest BCUT2D eigenvalue weighted by molar-refractivity contribution is 5.98. The SMILES string of the molecule is COc1cccc(CN(Cc2ccc([N+](=O)[O-])cc2)C2CCN(C(=O)c3cccc(OC)c3)[C@@H](C(=O)NCCN)C2)c1. The van der Waals surface area contributed by atoms with Crippen LogP contribution in [0.5, 0.6) is 11.5 Å². The van der Waals surface area contributed by atoms with E-state index in [1.165, 1.54) is 12.1 Å². The molecule has 3 N–H and O–H groups in total. The molecule has 0 aromatic heterocycles. The van der Waals surface area contributed by atoms with E-state index in [0.29, 0.717) is 50.3 Å². The van der Waals surface area contributed by atoms with Crippen molar-refractivity contribution in [2.24, 2.45) is 5.73 Å². The van der Waals surface area contributed by atoms with E-state index in [1.807, 2.05) is 24.3 Å². The Kier molecular flexibility index (Phi) is 10.5. The summed E-state index contributed by atoms with van der Waals surface area (Å²) in [5, 5.41) is 14.1. The van der Waals surface area contributed by atoms with Crippen molar-refractivity contribution in [1.82, 2.24) is 15.1 Å². The Balaban J connectivity index is 1.62. The van der Waals surface area contributed by atoms with Crippen LogP contribution in [0, 0.1) is 10.1 Å². The average molecular weight is 576 g/mol. The summed E-state index contributed by atoms with van der Waals surface area (Å²) >= 11 is 0. The lowest BCUT2D eigenvalue weighted by molar-refractivity contribution is -0.384. The number of rotatable bonds is 12. The normalized spacial score (nSPS) is 16.6. The number of piperidine rings is 1. The van der Waals surface area contributed by atoms with Gasteiger partial charge in [-0.25, -0.2) is 0 Å². The van der Waals surface area contributed by atoms with E-state index >= 15 is 0 Å². The molecule has 3 aromatic rings. The number of nitro groups is 1. The predicted octanol–water partition coefficient (Wildman–Crippen LogP) is 3.36. The first kappa shape index (κ1) is 30.5. The summed E-state index contributed by atoms with van der Waals surface area (Å²) in [6.07, 6.45) is 1.04. The first-order valence-electron chi connectivity index (χ1n) is 13.9. The molecule has 222 valence electrons. The lowest BCUT2D eigenvalue weighted by Crippen LogP contribution is -2.57. The van der Waals surface area contributed by atoms with Crippen molar-refractivity contribution < 1.29 is 24.0 Å². The van der Waals surface area contributed by atoms with E-state index in [9.17, 15) is 19.7 Å². The van der Waals surface area contributed by atoms with Gasteiger partial charge in [-0.2, -0.15) is 0 Å². The number of likely N-dealkylation sites (tertiary alicyclic amines) is 1. The van der Waals surface area contributed by atoms with Gasteiger partial charge in [0.05, 0.1) is 19.1 Å². The Hall–Kier alpha value is -4.48. The number of nitrogens with two attached hydrogens (primary N) is 1. The Morgan fingerprint density at radius 2 is 1.67 bits per heavy atom. The molecule has 1 saturated heterocycles. The Morgan fingerprint density at radius 1 is 1.00 bits per heavy atom. The van der Waals surface area contributed by atoms with E-state index in [4.69, 9.17) is 15.2 Å². The van der Waals surface area contributed by atoms with Crippen molar-refractivity contribution in [2.75, 3.05) is 33.9 Å². The minimum atomic E-state index is -0.710. The molecule has 1 fully saturated rings. The lowest BCUT2D eigenvalue weighted by atomic mass is 9.93. The fourth-order valence-corrected chi connectivity index (χ4v) is 5.28. The summed E-state index contributed by atoms with van der Waals surface area (Å²) in [4.78, 5) is 41.7. The quantitative estimate of drug-likeness (QED) is 0.248. The van der Waals surface area contributed by atoms with Crippen molar-refractivity contribution in [3.8, 4) is 11.5 Å². The molecule has 1 aliphatic rings. The molecule has 3 aromatic carbocycles. The van der Waals surface area contributed by atoms with Crippen molar-refractivity contribution in [2.45, 2.75) is 38.0 Å². The second kappa shape index (κ2) is 14.4. The van der Waals surface area contributed by atoms with Crippen LogP contribution in [-0.2, 0) is 17.9 Å². The van der Waals surface area contributed by atoms with E-state index in [1.54, 1.807) is 55.5 Å². The van der Waals surface area contributed by atoms with Crippen molar-refractivity contribution in [3.63, 3.8) is 0 Å². The number of nitrogens with one attached hydrogen (secondary N) is 1. The maximum Gasteiger partial charge on any atom is 0.269 e. The molecule has 42 heavy (non-hydrogen) atoms. The highest BCUT2D eigenvalue weighted by atomic mass is 16.6. The standard InChI is InChI=1S/C31H37N5O6/c1-41-27-7-3-5-23(17-27)21-34(20-22-9-11-25(12-10-22)36(39)40)26-13-16-35(29(19-26)30(37)33-15-14-32)31(38)24-6-4-8-28(18-24)42-2/h3-12,17-18,26,29H,13-16,19-21,32H2,1-2H3,(H,33,37)/t26?,29-/m1/s1. The van der Waals surface area contributed by atoms with Crippen LogP contribution < -0.4 is 20.5 Å². The molecule has 1 unspecified atom stereocenters. The molecule has 2 amide bonds. The highest BCUT2D eigenvalue weighted by Crippen LogP contribution is 2.28. The second-order valence-corrected chi connectivity index (χ2v) is 10.2. The average Bonchev–Trinajstić information content (AvgIpc) is 3.03. The zero-order valence-corrected chi connectivity index (χ0v) is 23.9. The van der Waals surface area contributed by atoms with Crippen LogP contribution in [0.15, 0.2) is 72.8 Å². The minimum absolute atomic E-state index is 0.0269. The molecule has 0 spiro atoms. The number of non-ortho nitro benzene ring substituents is 1. The molecular formula is C31H37N5O6. The predicted molar refractivity (Wildman–Crippen MR) is 158 cm³/mol. The van der Waals surface area contributed by atoms with E-state index in [0.717, 1.165) is 16.9 Å². The molecular weight excluding hydrogens is 538 g/mol. The van der Waals surface area contributed by atoms with Gasteiger partial charge in [-0.1, -0.05) is 30.3 Å². The molecule has 11 heteroatoms. The third-order valence-electron chi connectivity index (χ3n) is 7.47. The van der Waals surface area contributed by atoms with Crippen LogP contribution in [0.2, 0.25) is 0 Å². The van der Waals surface area contributed by atoms with Gasteiger partial charge in [0, 0.05) is 56.5 Å². The van der Waals surface area contributed by atoms with Gasteiger partial charge < -0.3 is 25.4 Å². The topological polar surface area (TPSA) is 140 Å². The van der Waals surface area contributed by atoms with Gasteiger partial charge in [0.25, 0.3) is 11.6 Å². The summed E-state index contributed by atoms with van der Waals surface area (Å²) in [7, 11) is 3.16. The van der Waals surface area contributed by atoms with Gasteiger partial charge in [-0.15, -0.1) is 0 Å². The third kappa shape index (κ3) is 7.62. The first-order valence-corrected chi connectivity index (χ1v) is 13.9. The maximum absolute atomic E-state index is 13.7. The van der Waals surface area contributed by atoms with Crippen molar-refractivity contribution >= 4 is 17.5 Å². The zero-order valence-electron chi connectivity index (χ0n) is 23.9. The molecule has 0 radical (unpaired) electrons. The number of hydrogen-bond donors (Lipinski definition) is 2. The number of ether oxygens (including phenoxy) is 2. The van der Waals surface area contributed by atoms with Gasteiger partial charge in [-0.3, -0.25) is 24.6 Å². The molecule has 0 aliphatic carbocycles. The van der Waals surface area contributed by atoms with E-state index < -0.39 is 11.0 Å². The van der Waals surface area contributed by atoms with Gasteiger partial charge in [0.2, 0.25) is 5.91 Å². The number of benzene rings is 3. The number of methoxy groups -OCH3 is 2. The number of carbonyl (C=O) groups excluding carboxylic acids is 2. The molecule has 0 saturated carbocycles. The van der Waals surface area contributed by atoms with Crippen LogP contribution in [0.1, 0.15) is 34.3 Å². The van der Waals surface area contributed by atoms with Gasteiger partial charge in [-0.05, 0) is 54.3 Å². The largest absolute Gasteiger partial charge is 0.497 e. The van der Waals surface area contributed by atoms with E-state index in [2.05, 4.69) is 10.2 Å². The molecule has 1 heterocycles. The van der Waals surface area contributed by atoms with Crippen LogP contribution in [0.4, 0.5) is 5.69 Å². The highest BCUT2D eigenvalue weighted by Gasteiger charge is 2.38. The summed E-state index contributed by atoms with van der Waals surface area (Å²) in [5.41, 5.74) is 8.06. The maximum atomic E-state index is 13.7. The van der Waals surface area contributed by atoms with Gasteiger partial charge >= 0.3 is 0 Å². The monoisotopic (exact) mass is 575 g/mol. The van der Waals surface area contributed by atoms with Crippen LogP contribution in [0.3, 0.4) is 0 Å². The second-order valence-electron chi connectivity index (χ2n) is 10.2. The number of carbonyl (C=O) groups is 2. The summed E-state index contributed by atoms with van der Waals surface area (Å²) < 4.78 is 10.7. The van der Waals surface area contributed by atoms with Crippen LogP contribution in [0.25, 0.3) is 0 Å². The molecule has 11 nitrogen and oxygen atoms in total. The molecule has 2 atom stereocenters. The summed E-state index contributed by atoms with van der Waals surface area (Å²) in [6, 6.07) is 20.4. The molecule has 0 bridgehead atoms. The fraction of sp³-hybridized carbons (Fsp3) is 0.355. The number of nitro benzene ring substituents is 1. The Morgan fingerprint density at radius 3 is 2.33 bits per heavy atom. The number of nitrogens with zero attached hydrogens (tertiary/aromatic N) is 3. The summed E-state index contributed by atoms with van der Waals surface area (Å²) in [6.45, 7) is 2.02. The van der Waals surface area contributed by atoms with Crippen molar-refractivity contribution in [3.05, 3.63) is 99.6 Å². The van der Waals surface area contributed by atoms with E-state index in [-0.39, 0.29) is 30.1 Å². The zero-order chi connectivity index (χ0) is 30.1. The molecule has 4 rings (SSSR count). The first-order chi connectivity index (χ1) is 20.3. The van der Waals surface area contributed by atoms with Gasteiger partial charge in [0.1, 0.15) is 17.5 Å². The van der Waals surface area contributed by atoms with Crippen LogP contribution in [-0.4, -0.2) is 72.5 Å². The lowest BCUT2D eigenvalue weighted by Gasteiger charge is -2.43. The summed E-state index contributed by atoms with van der Waals surface area (Å²) in [5.74, 6) is 0.806. The number of hydrogen-bond acceptors (Lipinski definition) is 8. The Labute approximate surface area is 245 Å². The molecule has 1 aliphatic heterocycles. The minimum Gasteiger partial charge on any atom is -0.497 e. The third-order valence-corrected chi connectivity index (χ3v) is 7.47. The van der Waals surface area contributed by atoms with Gasteiger partial charge in [0.15, 0.2) is 0 Å². The fourth-order valence-electron chi connectivity index (χ4n) is 5.28. The van der Waals surface area contributed by atoms with Crippen molar-refractivity contribution in [1.29, 1.82) is 0 Å². The smallest absolute Gasteiger partial charge is 0.269 e. The van der Waals surface area contributed by atoms with Crippen LogP contribution >= 0.6 is 0 Å². The number of amides is 2. The Bertz CT molecular complexity index is 1380.